The Kier molecular flexibility index (Phi) is 2.84. The number of esters is 1. The van der Waals surface area contributed by atoms with Gasteiger partial charge >= 0.3 is 5.97 Å². The average molecular weight is 313 g/mol. The number of H-pyrrole nitrogens is 1. The number of carbonyl (C=O) groups is 1. The molecule has 2 aromatic rings. The minimum Gasteiger partial charge on any atom is -0.504 e. The number of rotatable bonds is 2. The van der Waals surface area contributed by atoms with Crippen LogP contribution < -0.4 is 10.1 Å². The van der Waals surface area contributed by atoms with E-state index >= 15 is 0 Å². The molecule has 4 rings (SSSR count). The first-order valence-corrected chi connectivity index (χ1v) is 7.19. The predicted octanol–water partition coefficient (Wildman–Crippen LogP) is 1.80. The van der Waals surface area contributed by atoms with Crippen molar-refractivity contribution in [1.82, 2.24) is 10.2 Å². The van der Waals surface area contributed by atoms with Crippen LogP contribution in [0.5, 0.6) is 11.5 Å². The molecule has 0 saturated heterocycles. The number of nitrogens with one attached hydrogen (secondary N) is 2. The van der Waals surface area contributed by atoms with Gasteiger partial charge < -0.3 is 19.9 Å². The lowest BCUT2D eigenvalue weighted by Crippen LogP contribution is -2.19. The molecule has 0 aliphatic carbocycles. The van der Waals surface area contributed by atoms with E-state index < -0.39 is 0 Å². The van der Waals surface area contributed by atoms with Crippen molar-refractivity contribution in [3.8, 4) is 11.5 Å². The second-order valence-electron chi connectivity index (χ2n) is 5.57. The number of benzene rings is 1. The summed E-state index contributed by atoms with van der Waals surface area (Å²) in [6.45, 7) is 2.11. The summed E-state index contributed by atoms with van der Waals surface area (Å²) in [4.78, 5) is 12.2. The van der Waals surface area contributed by atoms with Crippen LogP contribution in [0.4, 0.5) is 5.82 Å². The van der Waals surface area contributed by atoms with Crippen molar-refractivity contribution in [3.63, 3.8) is 0 Å². The van der Waals surface area contributed by atoms with Crippen LogP contribution in [0.15, 0.2) is 29.5 Å². The lowest BCUT2D eigenvalue weighted by Gasteiger charge is -2.24. The quantitative estimate of drug-likeness (QED) is 0.732. The normalized spacial score (nSPS) is 19.0. The molecule has 7 heteroatoms. The van der Waals surface area contributed by atoms with Crippen LogP contribution in [0.2, 0.25) is 0 Å². The van der Waals surface area contributed by atoms with Crippen molar-refractivity contribution in [2.24, 2.45) is 0 Å². The standard InChI is InChI=1S/C16H15N3O4/c1-7-12-13(8-3-4-11(22-2)10(20)5-8)14-9(6-23-16(14)21)17-15(12)19-18-7/h3-5,13,20H,6H2,1-2H3,(H2,17,18,19)/t13-/m0/s1. The van der Waals surface area contributed by atoms with Gasteiger partial charge in [0.2, 0.25) is 0 Å². The molecule has 1 aromatic carbocycles. The maximum Gasteiger partial charge on any atom is 0.337 e. The molecule has 0 fully saturated rings. The van der Waals surface area contributed by atoms with E-state index in [1.165, 1.54) is 7.11 Å². The van der Waals surface area contributed by atoms with Crippen LogP contribution in [0, 0.1) is 6.92 Å². The number of fused-ring (bicyclic) bond motifs is 1. The fourth-order valence-electron chi connectivity index (χ4n) is 3.21. The summed E-state index contributed by atoms with van der Waals surface area (Å²) in [6, 6.07) is 5.13. The first-order chi connectivity index (χ1) is 11.1. The number of aromatic nitrogens is 2. The lowest BCUT2D eigenvalue weighted by molar-refractivity contribution is -0.136. The zero-order valence-corrected chi connectivity index (χ0v) is 12.6. The predicted molar refractivity (Wildman–Crippen MR) is 81.4 cm³/mol. The molecular formula is C16H15N3O4. The zero-order chi connectivity index (χ0) is 16.1. The van der Waals surface area contributed by atoms with Crippen LogP contribution in [0.3, 0.4) is 0 Å². The highest BCUT2D eigenvalue weighted by atomic mass is 16.5. The minimum absolute atomic E-state index is 0.0275. The summed E-state index contributed by atoms with van der Waals surface area (Å²) in [6.07, 6.45) is 0. The highest BCUT2D eigenvalue weighted by molar-refractivity contribution is 5.97. The number of carbonyl (C=O) groups excluding carboxylic acids is 1. The van der Waals surface area contributed by atoms with Gasteiger partial charge in [-0.15, -0.1) is 0 Å². The number of nitrogens with zero attached hydrogens (tertiary/aromatic N) is 1. The molecule has 1 aromatic heterocycles. The number of cyclic esters (lactones) is 1. The Hall–Kier alpha value is -2.96. The van der Waals surface area contributed by atoms with E-state index in [0.717, 1.165) is 16.8 Å². The van der Waals surface area contributed by atoms with Crippen LogP contribution >= 0.6 is 0 Å². The molecule has 0 amide bonds. The third-order valence-corrected chi connectivity index (χ3v) is 4.27. The number of phenols is 1. The van der Waals surface area contributed by atoms with Gasteiger partial charge in [0.15, 0.2) is 17.3 Å². The van der Waals surface area contributed by atoms with Crippen molar-refractivity contribution in [1.29, 1.82) is 0 Å². The molecule has 2 aliphatic rings. The number of aromatic hydroxyl groups is 1. The van der Waals surface area contributed by atoms with Crippen LogP contribution in [-0.2, 0) is 9.53 Å². The Morgan fingerprint density at radius 3 is 3.00 bits per heavy atom. The molecule has 23 heavy (non-hydrogen) atoms. The lowest BCUT2D eigenvalue weighted by atomic mass is 9.82. The van der Waals surface area contributed by atoms with Crippen molar-refractivity contribution < 1.29 is 19.4 Å². The van der Waals surface area contributed by atoms with E-state index in [1.807, 2.05) is 13.0 Å². The Balaban J connectivity index is 1.92. The summed E-state index contributed by atoms with van der Waals surface area (Å²) in [5.41, 5.74) is 3.80. The summed E-state index contributed by atoms with van der Waals surface area (Å²) >= 11 is 0. The summed E-state index contributed by atoms with van der Waals surface area (Å²) in [7, 11) is 1.49. The maximum atomic E-state index is 12.2. The third kappa shape index (κ3) is 1.89. The number of aromatic amines is 1. The minimum atomic E-state index is -0.348. The molecule has 3 N–H and O–H groups in total. The van der Waals surface area contributed by atoms with Gasteiger partial charge in [-0.05, 0) is 24.6 Å². The highest BCUT2D eigenvalue weighted by Crippen LogP contribution is 2.46. The number of methoxy groups -OCH3 is 1. The van der Waals surface area contributed by atoms with Gasteiger partial charge in [-0.3, -0.25) is 5.10 Å². The topological polar surface area (TPSA) is 96.5 Å². The number of ether oxygens (including phenoxy) is 2. The molecule has 1 atom stereocenters. The molecule has 0 radical (unpaired) electrons. The number of anilines is 1. The fraction of sp³-hybridized carbons (Fsp3) is 0.250. The van der Waals surface area contributed by atoms with E-state index in [4.69, 9.17) is 9.47 Å². The molecule has 0 spiro atoms. The zero-order valence-electron chi connectivity index (χ0n) is 12.6. The number of aryl methyl sites for hydroxylation is 1. The molecular weight excluding hydrogens is 298 g/mol. The Morgan fingerprint density at radius 2 is 2.26 bits per heavy atom. The first kappa shape index (κ1) is 13.7. The molecule has 7 nitrogen and oxygen atoms in total. The van der Waals surface area contributed by atoms with Crippen LogP contribution in [0.25, 0.3) is 0 Å². The Bertz CT molecular complexity index is 853. The van der Waals surface area contributed by atoms with Gasteiger partial charge in [0.05, 0.1) is 18.4 Å². The summed E-state index contributed by atoms with van der Waals surface area (Å²) in [5.74, 6) is 0.403. The molecule has 0 saturated carbocycles. The number of hydrogen-bond donors (Lipinski definition) is 3. The van der Waals surface area contributed by atoms with E-state index in [9.17, 15) is 9.90 Å². The molecule has 3 heterocycles. The van der Waals surface area contributed by atoms with Gasteiger partial charge in [-0.25, -0.2) is 4.79 Å². The summed E-state index contributed by atoms with van der Waals surface area (Å²) < 4.78 is 10.3. The van der Waals surface area contributed by atoms with Gasteiger partial charge in [0, 0.05) is 17.2 Å². The largest absolute Gasteiger partial charge is 0.504 e. The monoisotopic (exact) mass is 313 g/mol. The number of phenolic OH excluding ortho intramolecular Hbond substituents is 1. The molecule has 0 unspecified atom stereocenters. The third-order valence-electron chi connectivity index (χ3n) is 4.27. The van der Waals surface area contributed by atoms with Crippen molar-refractivity contribution in [2.45, 2.75) is 12.8 Å². The second-order valence-corrected chi connectivity index (χ2v) is 5.57. The van der Waals surface area contributed by atoms with Gasteiger partial charge in [0.1, 0.15) is 6.61 Å². The van der Waals surface area contributed by atoms with Crippen molar-refractivity contribution >= 4 is 11.8 Å². The van der Waals surface area contributed by atoms with Gasteiger partial charge in [-0.1, -0.05) is 6.07 Å². The van der Waals surface area contributed by atoms with Crippen LogP contribution in [-0.4, -0.2) is 35.0 Å². The highest BCUT2D eigenvalue weighted by Gasteiger charge is 2.40. The van der Waals surface area contributed by atoms with E-state index in [2.05, 4.69) is 15.5 Å². The fourth-order valence-corrected chi connectivity index (χ4v) is 3.21. The molecule has 0 bridgehead atoms. The molecule has 2 aliphatic heterocycles. The number of hydrogen-bond acceptors (Lipinski definition) is 6. The van der Waals surface area contributed by atoms with Crippen molar-refractivity contribution in [2.75, 3.05) is 19.0 Å². The first-order valence-electron chi connectivity index (χ1n) is 7.19. The van der Waals surface area contributed by atoms with E-state index in [-0.39, 0.29) is 24.2 Å². The van der Waals surface area contributed by atoms with Gasteiger partial charge in [-0.2, -0.15) is 5.10 Å². The second kappa shape index (κ2) is 4.77. The smallest absolute Gasteiger partial charge is 0.337 e. The Morgan fingerprint density at radius 1 is 1.43 bits per heavy atom. The van der Waals surface area contributed by atoms with E-state index in [0.29, 0.717) is 22.8 Å². The maximum absolute atomic E-state index is 12.2. The Labute approximate surface area is 131 Å². The average Bonchev–Trinajstić information content (AvgIpc) is 3.09. The SMILES string of the molecule is COc1ccc([C@@H]2C3=C(COC3=O)Nc3n[nH]c(C)c32)cc1O. The molecule has 118 valence electrons. The van der Waals surface area contributed by atoms with E-state index in [1.54, 1.807) is 12.1 Å². The summed E-state index contributed by atoms with van der Waals surface area (Å²) in [5, 5.41) is 20.4. The van der Waals surface area contributed by atoms with Crippen molar-refractivity contribution in [3.05, 3.63) is 46.3 Å². The van der Waals surface area contributed by atoms with Gasteiger partial charge in [0.25, 0.3) is 0 Å². The van der Waals surface area contributed by atoms with Crippen LogP contribution in [0.1, 0.15) is 22.7 Å².